The van der Waals surface area contributed by atoms with Gasteiger partial charge in [0.15, 0.2) is 0 Å². The van der Waals surface area contributed by atoms with E-state index in [9.17, 15) is 4.79 Å². The van der Waals surface area contributed by atoms with E-state index in [2.05, 4.69) is 5.32 Å². The van der Waals surface area contributed by atoms with Crippen molar-refractivity contribution in [3.63, 3.8) is 0 Å². The highest BCUT2D eigenvalue weighted by atomic mass is 32.1. The van der Waals surface area contributed by atoms with Crippen molar-refractivity contribution in [1.29, 1.82) is 0 Å². The van der Waals surface area contributed by atoms with Crippen molar-refractivity contribution in [3.05, 3.63) is 0 Å². The third-order valence-electron chi connectivity index (χ3n) is 3.33. The van der Waals surface area contributed by atoms with Crippen molar-refractivity contribution >= 4 is 23.2 Å². The standard InChI is InChI=1S/C12H23N3OS/c1-3-15(8-9(2)11(13)17)12(16)14-10-6-4-5-7-10/h9-10H,3-8H2,1-2H3,(H2,13,17)(H,14,16). The zero-order valence-electron chi connectivity index (χ0n) is 10.7. The Morgan fingerprint density at radius 3 is 2.59 bits per heavy atom. The minimum atomic E-state index is 0.0162. The molecule has 1 atom stereocenters. The molecule has 0 aromatic rings. The van der Waals surface area contributed by atoms with Gasteiger partial charge < -0.3 is 16.0 Å². The Labute approximate surface area is 109 Å². The van der Waals surface area contributed by atoms with Crippen molar-refractivity contribution < 1.29 is 4.79 Å². The van der Waals surface area contributed by atoms with E-state index in [0.717, 1.165) is 12.8 Å². The largest absolute Gasteiger partial charge is 0.393 e. The molecule has 0 heterocycles. The number of hydrogen-bond donors (Lipinski definition) is 2. The second-order valence-corrected chi connectivity index (χ2v) is 5.24. The fourth-order valence-corrected chi connectivity index (χ4v) is 2.19. The summed E-state index contributed by atoms with van der Waals surface area (Å²) in [5.74, 6) is 0.0688. The van der Waals surface area contributed by atoms with Gasteiger partial charge in [-0.1, -0.05) is 32.0 Å². The van der Waals surface area contributed by atoms with Crippen LogP contribution >= 0.6 is 12.2 Å². The summed E-state index contributed by atoms with van der Waals surface area (Å²) in [5, 5.41) is 3.08. The first-order chi connectivity index (χ1) is 8.04. The molecule has 0 aromatic carbocycles. The number of carbonyl (C=O) groups is 1. The summed E-state index contributed by atoms with van der Waals surface area (Å²) in [7, 11) is 0. The summed E-state index contributed by atoms with van der Waals surface area (Å²) >= 11 is 4.93. The second-order valence-electron chi connectivity index (χ2n) is 4.77. The van der Waals surface area contributed by atoms with Crippen LogP contribution in [0.15, 0.2) is 0 Å². The number of amides is 2. The molecule has 0 bridgehead atoms. The van der Waals surface area contributed by atoms with Crippen LogP contribution < -0.4 is 11.1 Å². The molecule has 1 rings (SSSR count). The Morgan fingerprint density at radius 1 is 1.53 bits per heavy atom. The Hall–Kier alpha value is -0.840. The van der Waals surface area contributed by atoms with Crippen LogP contribution in [0, 0.1) is 5.92 Å². The lowest BCUT2D eigenvalue weighted by Gasteiger charge is -2.26. The first-order valence-corrected chi connectivity index (χ1v) is 6.80. The van der Waals surface area contributed by atoms with Crippen LogP contribution in [0.3, 0.4) is 0 Å². The summed E-state index contributed by atoms with van der Waals surface area (Å²) in [6.45, 7) is 5.21. The number of nitrogens with two attached hydrogens (primary N) is 1. The fraction of sp³-hybridized carbons (Fsp3) is 0.833. The predicted octanol–water partition coefficient (Wildman–Crippen LogP) is 1.88. The molecule has 0 aromatic heterocycles. The lowest BCUT2D eigenvalue weighted by molar-refractivity contribution is 0.193. The highest BCUT2D eigenvalue weighted by molar-refractivity contribution is 7.80. The smallest absolute Gasteiger partial charge is 0.317 e. The average molecular weight is 257 g/mol. The zero-order chi connectivity index (χ0) is 12.8. The number of rotatable bonds is 5. The minimum Gasteiger partial charge on any atom is -0.393 e. The van der Waals surface area contributed by atoms with Crippen LogP contribution in [-0.2, 0) is 0 Å². The maximum Gasteiger partial charge on any atom is 0.317 e. The van der Waals surface area contributed by atoms with Crippen molar-refractivity contribution in [2.24, 2.45) is 11.7 Å². The third-order valence-corrected chi connectivity index (χ3v) is 3.73. The van der Waals surface area contributed by atoms with Crippen LogP contribution in [0.2, 0.25) is 0 Å². The van der Waals surface area contributed by atoms with Gasteiger partial charge in [-0.15, -0.1) is 0 Å². The van der Waals surface area contributed by atoms with Crippen LogP contribution in [0.5, 0.6) is 0 Å². The number of nitrogens with one attached hydrogen (secondary N) is 1. The fourth-order valence-electron chi connectivity index (χ4n) is 2.11. The highest BCUT2D eigenvalue weighted by Crippen LogP contribution is 2.17. The minimum absolute atomic E-state index is 0.0162. The molecule has 1 saturated carbocycles. The van der Waals surface area contributed by atoms with Crippen molar-refractivity contribution in [2.45, 2.75) is 45.6 Å². The highest BCUT2D eigenvalue weighted by Gasteiger charge is 2.21. The summed E-state index contributed by atoms with van der Waals surface area (Å²) in [6.07, 6.45) is 4.66. The molecular weight excluding hydrogens is 234 g/mol. The average Bonchev–Trinajstić information content (AvgIpc) is 2.77. The molecule has 5 heteroatoms. The Bertz CT molecular complexity index is 277. The van der Waals surface area contributed by atoms with E-state index in [4.69, 9.17) is 18.0 Å². The molecule has 1 fully saturated rings. The van der Waals surface area contributed by atoms with Gasteiger partial charge in [-0.05, 0) is 19.8 Å². The van der Waals surface area contributed by atoms with Gasteiger partial charge in [0.05, 0.1) is 4.99 Å². The third kappa shape index (κ3) is 4.50. The summed E-state index contributed by atoms with van der Waals surface area (Å²) in [6, 6.07) is 0.374. The lowest BCUT2D eigenvalue weighted by Crippen LogP contribution is -2.46. The van der Waals surface area contributed by atoms with Gasteiger partial charge in [0.25, 0.3) is 0 Å². The van der Waals surface area contributed by atoms with E-state index in [1.54, 1.807) is 4.90 Å². The number of hydrogen-bond acceptors (Lipinski definition) is 2. The molecule has 1 unspecified atom stereocenters. The number of thiocarbonyl (C=S) groups is 1. The molecular formula is C12H23N3OS. The molecule has 0 aliphatic heterocycles. The van der Waals surface area contributed by atoms with E-state index < -0.39 is 0 Å². The molecule has 1 aliphatic rings. The van der Waals surface area contributed by atoms with E-state index in [0.29, 0.717) is 24.1 Å². The lowest BCUT2D eigenvalue weighted by atomic mass is 10.1. The van der Waals surface area contributed by atoms with Gasteiger partial charge >= 0.3 is 6.03 Å². The quantitative estimate of drug-likeness (QED) is 0.739. The molecule has 4 nitrogen and oxygen atoms in total. The van der Waals surface area contributed by atoms with Gasteiger partial charge in [0, 0.05) is 25.0 Å². The SMILES string of the molecule is CCN(CC(C)C(N)=S)C(=O)NC1CCCC1. The van der Waals surface area contributed by atoms with E-state index in [1.807, 2.05) is 13.8 Å². The predicted molar refractivity (Wildman–Crippen MR) is 74.0 cm³/mol. The van der Waals surface area contributed by atoms with E-state index in [-0.39, 0.29) is 11.9 Å². The first-order valence-electron chi connectivity index (χ1n) is 6.39. The van der Waals surface area contributed by atoms with Crippen LogP contribution in [0.4, 0.5) is 4.79 Å². The van der Waals surface area contributed by atoms with Gasteiger partial charge in [-0.3, -0.25) is 0 Å². The van der Waals surface area contributed by atoms with Gasteiger partial charge in [0.1, 0.15) is 0 Å². The maximum absolute atomic E-state index is 12.0. The van der Waals surface area contributed by atoms with Gasteiger partial charge in [0.2, 0.25) is 0 Å². The van der Waals surface area contributed by atoms with E-state index in [1.165, 1.54) is 12.8 Å². The Morgan fingerprint density at radius 2 is 2.12 bits per heavy atom. The van der Waals surface area contributed by atoms with Crippen molar-refractivity contribution in [3.8, 4) is 0 Å². The maximum atomic E-state index is 12.0. The number of carbonyl (C=O) groups excluding carboxylic acids is 1. The summed E-state index contributed by atoms with van der Waals surface area (Å²) < 4.78 is 0. The van der Waals surface area contributed by atoms with E-state index >= 15 is 0 Å². The monoisotopic (exact) mass is 257 g/mol. The van der Waals surface area contributed by atoms with Crippen LogP contribution in [-0.4, -0.2) is 35.1 Å². The molecule has 2 amide bonds. The summed E-state index contributed by atoms with van der Waals surface area (Å²) in [4.78, 5) is 14.3. The number of nitrogens with zero attached hydrogens (tertiary/aromatic N) is 1. The molecule has 3 N–H and O–H groups in total. The van der Waals surface area contributed by atoms with Crippen LogP contribution in [0.1, 0.15) is 39.5 Å². The normalized spacial score (nSPS) is 17.8. The molecule has 0 radical (unpaired) electrons. The van der Waals surface area contributed by atoms with Gasteiger partial charge in [-0.25, -0.2) is 4.79 Å². The summed E-state index contributed by atoms with van der Waals surface area (Å²) in [5.41, 5.74) is 5.58. The van der Waals surface area contributed by atoms with Crippen molar-refractivity contribution in [1.82, 2.24) is 10.2 Å². The van der Waals surface area contributed by atoms with Crippen LogP contribution in [0.25, 0.3) is 0 Å². The Kier molecular flexibility index (Phi) is 5.68. The Balaban J connectivity index is 2.42. The zero-order valence-corrected chi connectivity index (χ0v) is 11.6. The molecule has 0 saturated heterocycles. The van der Waals surface area contributed by atoms with Crippen molar-refractivity contribution in [2.75, 3.05) is 13.1 Å². The molecule has 1 aliphatic carbocycles. The second kappa shape index (κ2) is 6.79. The molecule has 98 valence electrons. The number of urea groups is 1. The molecule has 0 spiro atoms. The topological polar surface area (TPSA) is 58.4 Å². The first kappa shape index (κ1) is 14.2. The molecule has 17 heavy (non-hydrogen) atoms. The van der Waals surface area contributed by atoms with Gasteiger partial charge in [-0.2, -0.15) is 0 Å².